The molecule has 1 aliphatic heterocycles. The Morgan fingerprint density at radius 3 is 2.74 bits per heavy atom. The third-order valence-corrected chi connectivity index (χ3v) is 4.22. The molecule has 0 unspecified atom stereocenters. The summed E-state index contributed by atoms with van der Waals surface area (Å²) in [6, 6.07) is 0.142. The zero-order valence-corrected chi connectivity index (χ0v) is 11.4. The van der Waals surface area contributed by atoms with E-state index in [4.69, 9.17) is 5.11 Å². The van der Waals surface area contributed by atoms with E-state index in [2.05, 4.69) is 12.2 Å². The van der Waals surface area contributed by atoms with E-state index in [1.54, 1.807) is 0 Å². The largest absolute Gasteiger partial charge is 0.481 e. The van der Waals surface area contributed by atoms with Crippen LogP contribution in [0.1, 0.15) is 51.4 Å². The molecule has 1 heterocycles. The Kier molecular flexibility index (Phi) is 5.00. The maximum absolute atomic E-state index is 12.6. The van der Waals surface area contributed by atoms with Crippen LogP contribution in [-0.4, -0.2) is 34.5 Å². The number of nitrogens with zero attached hydrogens (tertiary/aromatic N) is 1. The van der Waals surface area contributed by atoms with Gasteiger partial charge in [-0.3, -0.25) is 9.59 Å². The van der Waals surface area contributed by atoms with Crippen LogP contribution < -0.4 is 0 Å². The Hall–Kier alpha value is -1.32. The summed E-state index contributed by atoms with van der Waals surface area (Å²) in [6.07, 6.45) is 10.9. The quantitative estimate of drug-likeness (QED) is 0.795. The van der Waals surface area contributed by atoms with Crippen molar-refractivity contribution >= 4 is 11.9 Å². The number of carboxylic acids is 1. The van der Waals surface area contributed by atoms with Gasteiger partial charge in [0.1, 0.15) is 0 Å². The highest BCUT2D eigenvalue weighted by atomic mass is 16.4. The Morgan fingerprint density at radius 1 is 1.21 bits per heavy atom. The first-order valence-electron chi connectivity index (χ1n) is 7.35. The van der Waals surface area contributed by atoms with Crippen molar-refractivity contribution in [2.45, 2.75) is 57.4 Å². The zero-order valence-electron chi connectivity index (χ0n) is 11.4. The first-order chi connectivity index (χ1) is 9.18. The predicted octanol–water partition coefficient (Wildman–Crippen LogP) is 2.59. The lowest BCUT2D eigenvalue weighted by atomic mass is 9.90. The van der Waals surface area contributed by atoms with Gasteiger partial charge in [0.15, 0.2) is 0 Å². The van der Waals surface area contributed by atoms with Crippen molar-refractivity contribution in [3.8, 4) is 0 Å². The summed E-state index contributed by atoms with van der Waals surface area (Å²) in [5, 5.41) is 8.81. The van der Waals surface area contributed by atoms with Crippen molar-refractivity contribution in [3.05, 3.63) is 12.2 Å². The minimum absolute atomic E-state index is 0.121. The third kappa shape index (κ3) is 3.82. The van der Waals surface area contributed by atoms with Gasteiger partial charge in [0.05, 0.1) is 0 Å². The van der Waals surface area contributed by atoms with Gasteiger partial charge in [-0.15, -0.1) is 0 Å². The molecule has 106 valence electrons. The van der Waals surface area contributed by atoms with Crippen LogP contribution in [0, 0.1) is 5.92 Å². The van der Waals surface area contributed by atoms with E-state index < -0.39 is 5.97 Å². The second-order valence-electron chi connectivity index (χ2n) is 5.60. The minimum atomic E-state index is -0.765. The van der Waals surface area contributed by atoms with Gasteiger partial charge >= 0.3 is 5.97 Å². The SMILES string of the molecule is O=C(O)CC[C@H]1CCCCN1C(=O)[C@H]1CC=CCC1. The maximum Gasteiger partial charge on any atom is 0.303 e. The van der Waals surface area contributed by atoms with Gasteiger partial charge in [0.2, 0.25) is 5.91 Å². The molecule has 1 aliphatic carbocycles. The minimum Gasteiger partial charge on any atom is -0.481 e. The number of allylic oxidation sites excluding steroid dienone is 2. The van der Waals surface area contributed by atoms with E-state index in [1.165, 1.54) is 0 Å². The summed E-state index contributed by atoms with van der Waals surface area (Å²) in [6.45, 7) is 0.809. The molecule has 0 spiro atoms. The molecule has 4 heteroatoms. The van der Waals surface area contributed by atoms with Crippen LogP contribution in [0.15, 0.2) is 12.2 Å². The molecule has 1 saturated heterocycles. The van der Waals surface area contributed by atoms with Gasteiger partial charge in [-0.05, 0) is 44.9 Å². The number of rotatable bonds is 4. The van der Waals surface area contributed by atoms with Gasteiger partial charge in [-0.1, -0.05) is 12.2 Å². The molecular weight excluding hydrogens is 242 g/mol. The Morgan fingerprint density at radius 2 is 2.05 bits per heavy atom. The summed E-state index contributed by atoms with van der Waals surface area (Å²) in [5.41, 5.74) is 0. The van der Waals surface area contributed by atoms with Crippen LogP contribution in [0.3, 0.4) is 0 Å². The fourth-order valence-corrected chi connectivity index (χ4v) is 3.13. The molecule has 2 atom stereocenters. The van der Waals surface area contributed by atoms with Crippen LogP contribution in [0.2, 0.25) is 0 Å². The van der Waals surface area contributed by atoms with Crippen molar-refractivity contribution in [1.29, 1.82) is 0 Å². The molecule has 0 bridgehead atoms. The summed E-state index contributed by atoms with van der Waals surface area (Å²) >= 11 is 0. The number of carbonyl (C=O) groups is 2. The van der Waals surface area contributed by atoms with Crippen LogP contribution in [0.25, 0.3) is 0 Å². The van der Waals surface area contributed by atoms with Gasteiger partial charge in [-0.25, -0.2) is 0 Å². The number of carboxylic acid groups (broad SMARTS) is 1. The number of likely N-dealkylation sites (tertiary alicyclic amines) is 1. The first kappa shape index (κ1) is 14.1. The van der Waals surface area contributed by atoms with E-state index in [0.29, 0.717) is 6.42 Å². The summed E-state index contributed by atoms with van der Waals surface area (Å²) in [4.78, 5) is 25.2. The van der Waals surface area contributed by atoms with E-state index in [9.17, 15) is 9.59 Å². The maximum atomic E-state index is 12.6. The van der Waals surface area contributed by atoms with Crippen molar-refractivity contribution in [1.82, 2.24) is 4.90 Å². The predicted molar refractivity (Wildman–Crippen MR) is 72.7 cm³/mol. The van der Waals surface area contributed by atoms with Crippen molar-refractivity contribution in [3.63, 3.8) is 0 Å². The molecule has 0 aromatic carbocycles. The Labute approximate surface area is 114 Å². The molecule has 1 N–H and O–H groups in total. The first-order valence-corrected chi connectivity index (χ1v) is 7.35. The van der Waals surface area contributed by atoms with Crippen LogP contribution in [0.5, 0.6) is 0 Å². The summed E-state index contributed by atoms with van der Waals surface area (Å²) in [5.74, 6) is -0.395. The van der Waals surface area contributed by atoms with Crippen LogP contribution in [-0.2, 0) is 9.59 Å². The highest BCUT2D eigenvalue weighted by molar-refractivity contribution is 5.79. The average molecular weight is 265 g/mol. The van der Waals surface area contributed by atoms with Crippen LogP contribution in [0.4, 0.5) is 0 Å². The lowest BCUT2D eigenvalue weighted by Gasteiger charge is -2.38. The molecule has 2 aliphatic rings. The molecule has 0 radical (unpaired) electrons. The fraction of sp³-hybridized carbons (Fsp3) is 0.733. The number of aliphatic carboxylic acids is 1. The summed E-state index contributed by atoms with van der Waals surface area (Å²) in [7, 11) is 0. The number of hydrogen-bond donors (Lipinski definition) is 1. The van der Waals surface area contributed by atoms with E-state index in [1.807, 2.05) is 4.90 Å². The van der Waals surface area contributed by atoms with Gasteiger partial charge < -0.3 is 10.0 Å². The molecule has 0 aromatic rings. The smallest absolute Gasteiger partial charge is 0.303 e. The number of carbonyl (C=O) groups excluding carboxylic acids is 1. The van der Waals surface area contributed by atoms with E-state index in [0.717, 1.165) is 45.1 Å². The molecule has 0 saturated carbocycles. The lowest BCUT2D eigenvalue weighted by molar-refractivity contribution is -0.142. The number of amides is 1. The monoisotopic (exact) mass is 265 g/mol. The highest BCUT2D eigenvalue weighted by Gasteiger charge is 2.31. The Bertz CT molecular complexity index is 364. The molecule has 4 nitrogen and oxygen atoms in total. The van der Waals surface area contributed by atoms with Crippen molar-refractivity contribution < 1.29 is 14.7 Å². The number of piperidine rings is 1. The molecule has 2 rings (SSSR count). The Balaban J connectivity index is 1.95. The van der Waals surface area contributed by atoms with Crippen molar-refractivity contribution in [2.24, 2.45) is 5.92 Å². The second-order valence-corrected chi connectivity index (χ2v) is 5.60. The molecule has 1 amide bonds. The van der Waals surface area contributed by atoms with Gasteiger partial charge in [0, 0.05) is 24.9 Å². The van der Waals surface area contributed by atoms with Crippen molar-refractivity contribution in [2.75, 3.05) is 6.54 Å². The molecule has 19 heavy (non-hydrogen) atoms. The normalized spacial score (nSPS) is 27.3. The van der Waals surface area contributed by atoms with E-state index in [-0.39, 0.29) is 24.3 Å². The number of hydrogen-bond acceptors (Lipinski definition) is 2. The fourth-order valence-electron chi connectivity index (χ4n) is 3.13. The standard InChI is InChI=1S/C15H23NO3/c17-14(18)10-9-13-8-4-5-11-16(13)15(19)12-6-2-1-3-7-12/h1-2,12-13H,3-11H2,(H,17,18)/t12-,13+/m0/s1. The highest BCUT2D eigenvalue weighted by Crippen LogP contribution is 2.27. The van der Waals surface area contributed by atoms with Crippen LogP contribution >= 0.6 is 0 Å². The average Bonchev–Trinajstić information content (AvgIpc) is 2.45. The van der Waals surface area contributed by atoms with Gasteiger partial charge in [-0.2, -0.15) is 0 Å². The molecule has 1 fully saturated rings. The second kappa shape index (κ2) is 6.73. The topological polar surface area (TPSA) is 57.6 Å². The summed E-state index contributed by atoms with van der Waals surface area (Å²) < 4.78 is 0. The third-order valence-electron chi connectivity index (χ3n) is 4.22. The van der Waals surface area contributed by atoms with Gasteiger partial charge in [0.25, 0.3) is 0 Å². The zero-order chi connectivity index (χ0) is 13.7. The van der Waals surface area contributed by atoms with E-state index >= 15 is 0 Å². The molecular formula is C15H23NO3. The molecule has 0 aromatic heterocycles. The lowest BCUT2D eigenvalue weighted by Crippen LogP contribution is -2.46.